The molecule has 1 heterocycles. The molecule has 1 aromatic heterocycles. The van der Waals surface area contributed by atoms with Crippen LogP contribution in [0.25, 0.3) is 11.5 Å². The van der Waals surface area contributed by atoms with Gasteiger partial charge in [-0.2, -0.15) is 0 Å². The summed E-state index contributed by atoms with van der Waals surface area (Å²) in [6.45, 7) is 6.28. The standard InChI is InChI=1S/C25H25N3O/c1-17-12-14-21(15-13-17)23(20-9-5-4-6-10-20)26-19(3)24-27-28-25(29-24)22-11-7-8-18(2)16-22/h4-16,19,23,26H,1-3H3/p+1/t19-,23-/m0/s1. The first-order valence-electron chi connectivity index (χ1n) is 9.97. The first-order chi connectivity index (χ1) is 14.1. The van der Waals surface area contributed by atoms with Gasteiger partial charge in [0.2, 0.25) is 5.89 Å². The van der Waals surface area contributed by atoms with Gasteiger partial charge in [0.05, 0.1) is 0 Å². The lowest BCUT2D eigenvalue weighted by atomic mass is 9.97. The van der Waals surface area contributed by atoms with E-state index in [1.54, 1.807) is 0 Å². The highest BCUT2D eigenvalue weighted by Crippen LogP contribution is 2.23. The Morgan fingerprint density at radius 1 is 0.759 bits per heavy atom. The molecule has 0 bridgehead atoms. The molecule has 0 aliphatic rings. The Kier molecular flexibility index (Phi) is 5.54. The van der Waals surface area contributed by atoms with E-state index in [0.717, 1.165) is 5.56 Å². The van der Waals surface area contributed by atoms with Crippen LogP contribution in [0, 0.1) is 13.8 Å². The van der Waals surface area contributed by atoms with Crippen LogP contribution in [-0.4, -0.2) is 10.2 Å². The van der Waals surface area contributed by atoms with Crippen molar-refractivity contribution in [3.63, 3.8) is 0 Å². The summed E-state index contributed by atoms with van der Waals surface area (Å²) in [5, 5.41) is 10.9. The van der Waals surface area contributed by atoms with Crippen molar-refractivity contribution >= 4 is 0 Å². The molecular weight excluding hydrogens is 358 g/mol. The van der Waals surface area contributed by atoms with E-state index in [0.29, 0.717) is 11.8 Å². The van der Waals surface area contributed by atoms with Crippen LogP contribution in [0.5, 0.6) is 0 Å². The molecule has 0 saturated heterocycles. The molecule has 4 nitrogen and oxygen atoms in total. The Labute approximate surface area is 171 Å². The van der Waals surface area contributed by atoms with Crippen LogP contribution in [0.4, 0.5) is 0 Å². The third-order valence-corrected chi connectivity index (χ3v) is 5.17. The summed E-state index contributed by atoms with van der Waals surface area (Å²) < 4.78 is 6.02. The minimum Gasteiger partial charge on any atom is -0.415 e. The quantitative estimate of drug-likeness (QED) is 0.521. The molecule has 0 radical (unpaired) electrons. The Morgan fingerprint density at radius 3 is 2.21 bits per heavy atom. The van der Waals surface area contributed by atoms with E-state index < -0.39 is 0 Å². The zero-order valence-electron chi connectivity index (χ0n) is 17.0. The Balaban J connectivity index is 1.60. The van der Waals surface area contributed by atoms with Crippen LogP contribution < -0.4 is 5.32 Å². The van der Waals surface area contributed by atoms with Gasteiger partial charge in [0, 0.05) is 16.7 Å². The van der Waals surface area contributed by atoms with Crippen molar-refractivity contribution < 1.29 is 9.73 Å². The molecule has 0 spiro atoms. The second kappa shape index (κ2) is 8.41. The second-order valence-electron chi connectivity index (χ2n) is 7.60. The topological polar surface area (TPSA) is 55.5 Å². The smallest absolute Gasteiger partial charge is 0.274 e. The summed E-state index contributed by atoms with van der Waals surface area (Å²) in [5.41, 5.74) is 5.89. The van der Waals surface area contributed by atoms with E-state index in [1.807, 2.05) is 18.2 Å². The van der Waals surface area contributed by atoms with Crippen molar-refractivity contribution in [3.8, 4) is 11.5 Å². The third kappa shape index (κ3) is 4.44. The molecule has 4 heteroatoms. The largest absolute Gasteiger partial charge is 0.415 e. The van der Waals surface area contributed by atoms with Crippen molar-refractivity contribution in [2.45, 2.75) is 32.9 Å². The van der Waals surface area contributed by atoms with Crippen LogP contribution in [-0.2, 0) is 0 Å². The number of hydrogen-bond acceptors (Lipinski definition) is 3. The monoisotopic (exact) mass is 384 g/mol. The summed E-state index contributed by atoms with van der Waals surface area (Å²) in [7, 11) is 0. The minimum atomic E-state index is 0.0209. The predicted octanol–water partition coefficient (Wildman–Crippen LogP) is 4.77. The molecule has 29 heavy (non-hydrogen) atoms. The lowest BCUT2D eigenvalue weighted by Gasteiger charge is -2.19. The number of rotatable bonds is 6. The summed E-state index contributed by atoms with van der Waals surface area (Å²) in [6, 6.07) is 27.6. The number of aryl methyl sites for hydroxylation is 2. The van der Waals surface area contributed by atoms with Crippen LogP contribution >= 0.6 is 0 Å². The van der Waals surface area contributed by atoms with Gasteiger partial charge in [-0.25, -0.2) is 0 Å². The maximum absolute atomic E-state index is 6.02. The summed E-state index contributed by atoms with van der Waals surface area (Å²) in [5.74, 6) is 1.20. The van der Waals surface area contributed by atoms with Crippen LogP contribution in [0.2, 0.25) is 0 Å². The van der Waals surface area contributed by atoms with Gasteiger partial charge in [-0.1, -0.05) is 77.9 Å². The number of nitrogens with zero attached hydrogens (tertiary/aromatic N) is 2. The molecule has 3 aromatic carbocycles. The average molecular weight is 385 g/mol. The molecule has 4 aromatic rings. The second-order valence-corrected chi connectivity index (χ2v) is 7.60. The molecule has 0 saturated carbocycles. The molecule has 0 unspecified atom stereocenters. The minimum absolute atomic E-state index is 0.0209. The third-order valence-electron chi connectivity index (χ3n) is 5.17. The molecule has 2 atom stereocenters. The van der Waals surface area contributed by atoms with E-state index in [4.69, 9.17) is 4.42 Å². The number of nitrogens with two attached hydrogens (primary N) is 1. The fourth-order valence-electron chi connectivity index (χ4n) is 3.53. The van der Waals surface area contributed by atoms with Crippen LogP contribution in [0.15, 0.2) is 83.3 Å². The first-order valence-corrected chi connectivity index (χ1v) is 9.97. The van der Waals surface area contributed by atoms with E-state index in [1.165, 1.54) is 22.3 Å². The van der Waals surface area contributed by atoms with Crippen molar-refractivity contribution in [2.75, 3.05) is 0 Å². The van der Waals surface area contributed by atoms with Gasteiger partial charge in [-0.05, 0) is 32.9 Å². The summed E-state index contributed by atoms with van der Waals surface area (Å²) in [4.78, 5) is 0. The highest BCUT2D eigenvalue weighted by Gasteiger charge is 2.25. The van der Waals surface area contributed by atoms with Gasteiger partial charge in [-0.15, -0.1) is 10.2 Å². The highest BCUT2D eigenvalue weighted by molar-refractivity contribution is 5.53. The van der Waals surface area contributed by atoms with Gasteiger partial charge >= 0.3 is 0 Å². The van der Waals surface area contributed by atoms with E-state index >= 15 is 0 Å². The van der Waals surface area contributed by atoms with E-state index in [-0.39, 0.29) is 12.1 Å². The molecule has 0 aliphatic heterocycles. The number of aromatic nitrogens is 2. The fourth-order valence-corrected chi connectivity index (χ4v) is 3.53. The Hall–Kier alpha value is -3.24. The van der Waals surface area contributed by atoms with Gasteiger partial charge in [0.1, 0.15) is 6.04 Å². The maximum Gasteiger partial charge on any atom is 0.274 e. The summed E-state index contributed by atoms with van der Waals surface area (Å²) >= 11 is 0. The zero-order chi connectivity index (χ0) is 20.2. The van der Waals surface area contributed by atoms with Crippen molar-refractivity contribution in [1.29, 1.82) is 0 Å². The predicted molar refractivity (Wildman–Crippen MR) is 114 cm³/mol. The first kappa shape index (κ1) is 19.1. The molecular formula is C25H26N3O+. The molecule has 0 amide bonds. The SMILES string of the molecule is Cc1ccc([C@@H]([NH2+][C@@H](C)c2nnc(-c3cccc(C)c3)o2)c2ccccc2)cc1. The number of benzene rings is 3. The van der Waals surface area contributed by atoms with E-state index in [9.17, 15) is 0 Å². The van der Waals surface area contributed by atoms with Crippen LogP contribution in [0.3, 0.4) is 0 Å². The van der Waals surface area contributed by atoms with Gasteiger partial charge < -0.3 is 9.73 Å². The number of hydrogen-bond donors (Lipinski definition) is 1. The average Bonchev–Trinajstić information content (AvgIpc) is 3.24. The Bertz CT molecular complexity index is 1070. The van der Waals surface area contributed by atoms with Crippen LogP contribution in [0.1, 0.15) is 47.2 Å². The summed E-state index contributed by atoms with van der Waals surface area (Å²) in [6.07, 6.45) is 0. The van der Waals surface area contributed by atoms with Gasteiger partial charge in [0.15, 0.2) is 6.04 Å². The highest BCUT2D eigenvalue weighted by atomic mass is 16.4. The Morgan fingerprint density at radius 2 is 1.48 bits per heavy atom. The van der Waals surface area contributed by atoms with Gasteiger partial charge in [-0.3, -0.25) is 0 Å². The number of quaternary nitrogens is 1. The van der Waals surface area contributed by atoms with Crippen molar-refractivity contribution in [3.05, 3.63) is 107 Å². The lowest BCUT2D eigenvalue weighted by molar-refractivity contribution is -0.725. The normalized spacial score (nSPS) is 13.2. The van der Waals surface area contributed by atoms with Gasteiger partial charge in [0.25, 0.3) is 5.89 Å². The molecule has 4 rings (SSSR count). The van der Waals surface area contributed by atoms with E-state index in [2.05, 4.69) is 96.9 Å². The molecule has 146 valence electrons. The fraction of sp³-hybridized carbons (Fsp3) is 0.200. The van der Waals surface area contributed by atoms with Crippen molar-refractivity contribution in [1.82, 2.24) is 10.2 Å². The lowest BCUT2D eigenvalue weighted by Crippen LogP contribution is -2.86. The zero-order valence-corrected chi connectivity index (χ0v) is 17.0. The molecule has 2 N–H and O–H groups in total. The molecule has 0 fully saturated rings. The molecule has 0 aliphatic carbocycles. The maximum atomic E-state index is 6.02. The van der Waals surface area contributed by atoms with Crippen molar-refractivity contribution in [2.24, 2.45) is 0 Å².